The van der Waals surface area contributed by atoms with Crippen LogP contribution in [0.3, 0.4) is 0 Å². The maximum atomic E-state index is 15.4. The highest BCUT2D eigenvalue weighted by molar-refractivity contribution is 5.98. The van der Waals surface area contributed by atoms with E-state index in [1.807, 2.05) is 0 Å². The molecule has 0 bridgehead atoms. The van der Waals surface area contributed by atoms with Crippen LogP contribution in [0.2, 0.25) is 0 Å². The topological polar surface area (TPSA) is 123 Å². The molecule has 1 aliphatic rings. The SMILES string of the molecule is Cc1cc(F)cc(C)c1-c1cc(F)c(F)c(C(CC(=O)O)[N+]2=CC(C)C[C@H](N=C([O-])c3cccn4cnnc34)C2=O)c1. The Balaban J connectivity index is 1.59. The van der Waals surface area contributed by atoms with E-state index in [1.165, 1.54) is 41.2 Å². The molecule has 42 heavy (non-hydrogen) atoms. The normalized spacial score (nSPS) is 18.3. The molecule has 216 valence electrons. The molecule has 0 spiro atoms. The first kappa shape index (κ1) is 28.7. The highest BCUT2D eigenvalue weighted by Gasteiger charge is 2.43. The summed E-state index contributed by atoms with van der Waals surface area (Å²) in [5.74, 6) is -6.25. The average Bonchev–Trinajstić information content (AvgIpc) is 3.39. The molecular formula is C30H26F3N5O4. The average molecular weight is 578 g/mol. The van der Waals surface area contributed by atoms with E-state index in [1.54, 1.807) is 33.0 Å². The number of aromatic nitrogens is 3. The molecule has 0 radical (unpaired) electrons. The fourth-order valence-corrected chi connectivity index (χ4v) is 5.51. The summed E-state index contributed by atoms with van der Waals surface area (Å²) < 4.78 is 47.0. The van der Waals surface area contributed by atoms with E-state index in [4.69, 9.17) is 0 Å². The van der Waals surface area contributed by atoms with Crippen molar-refractivity contribution < 1.29 is 37.5 Å². The van der Waals surface area contributed by atoms with Gasteiger partial charge in [-0.3, -0.25) is 14.2 Å². The minimum absolute atomic E-state index is 0.115. The van der Waals surface area contributed by atoms with Gasteiger partial charge >= 0.3 is 11.9 Å². The van der Waals surface area contributed by atoms with Crippen LogP contribution >= 0.6 is 0 Å². The molecule has 3 heterocycles. The zero-order valence-corrected chi connectivity index (χ0v) is 22.9. The summed E-state index contributed by atoms with van der Waals surface area (Å²) in [6.45, 7) is 4.98. The first-order chi connectivity index (χ1) is 19.9. The minimum Gasteiger partial charge on any atom is -0.858 e. The molecule has 4 aromatic rings. The number of hydrogen-bond acceptors (Lipinski definition) is 6. The zero-order valence-electron chi connectivity index (χ0n) is 22.9. The van der Waals surface area contributed by atoms with Gasteiger partial charge in [0.2, 0.25) is 0 Å². The predicted octanol–water partition coefficient (Wildman–Crippen LogP) is 3.77. The van der Waals surface area contributed by atoms with Gasteiger partial charge in [0.25, 0.3) is 0 Å². The van der Waals surface area contributed by atoms with Gasteiger partial charge in [-0.15, -0.1) is 10.2 Å². The number of amides is 1. The summed E-state index contributed by atoms with van der Waals surface area (Å²) >= 11 is 0. The second kappa shape index (κ2) is 11.2. The summed E-state index contributed by atoms with van der Waals surface area (Å²) in [5.41, 5.74) is 1.58. The second-order valence-corrected chi connectivity index (χ2v) is 10.4. The van der Waals surface area contributed by atoms with E-state index in [0.29, 0.717) is 16.7 Å². The molecule has 1 N–H and O–H groups in total. The van der Waals surface area contributed by atoms with E-state index < -0.39 is 53.7 Å². The number of benzene rings is 2. The summed E-state index contributed by atoms with van der Waals surface area (Å²) in [7, 11) is 0. The van der Waals surface area contributed by atoms with Gasteiger partial charge in [-0.05, 0) is 84.8 Å². The number of carboxylic acids is 1. The van der Waals surface area contributed by atoms with Gasteiger partial charge in [0.15, 0.2) is 35.6 Å². The second-order valence-electron chi connectivity index (χ2n) is 10.4. The number of halogens is 3. The fraction of sp³-hybridized carbons (Fsp3) is 0.267. The number of carbonyl (C=O) groups excluding carboxylic acids is 1. The minimum atomic E-state index is -1.46. The molecule has 1 aliphatic heterocycles. The molecule has 3 atom stereocenters. The quantitative estimate of drug-likeness (QED) is 0.203. The Kier molecular flexibility index (Phi) is 7.63. The smallest absolute Gasteiger partial charge is 0.411 e. The molecule has 0 fully saturated rings. The van der Waals surface area contributed by atoms with Crippen LogP contribution in [0.4, 0.5) is 13.2 Å². The molecule has 12 heteroatoms. The maximum Gasteiger partial charge on any atom is 0.411 e. The fourth-order valence-electron chi connectivity index (χ4n) is 5.51. The first-order valence-electron chi connectivity index (χ1n) is 13.1. The number of aliphatic carboxylic acids is 1. The Morgan fingerprint density at radius 1 is 1.21 bits per heavy atom. The Bertz CT molecular complexity index is 1780. The van der Waals surface area contributed by atoms with Gasteiger partial charge in [0.1, 0.15) is 18.6 Å². The van der Waals surface area contributed by atoms with Crippen LogP contribution in [0.25, 0.3) is 16.8 Å². The monoisotopic (exact) mass is 577 g/mol. The molecule has 2 aromatic carbocycles. The number of aliphatic imine (C=N–C) groups is 1. The molecule has 9 nitrogen and oxygen atoms in total. The number of rotatable bonds is 7. The van der Waals surface area contributed by atoms with Crippen molar-refractivity contribution in [2.75, 3.05) is 0 Å². The number of nitrogens with zero attached hydrogens (tertiary/aromatic N) is 5. The van der Waals surface area contributed by atoms with Crippen LogP contribution in [0, 0.1) is 37.2 Å². The number of pyridine rings is 1. The van der Waals surface area contributed by atoms with E-state index in [-0.39, 0.29) is 34.7 Å². The lowest BCUT2D eigenvalue weighted by atomic mass is 9.90. The molecular weight excluding hydrogens is 551 g/mol. The predicted molar refractivity (Wildman–Crippen MR) is 145 cm³/mol. The Morgan fingerprint density at radius 3 is 2.62 bits per heavy atom. The molecule has 2 aromatic heterocycles. The van der Waals surface area contributed by atoms with E-state index in [9.17, 15) is 24.2 Å². The van der Waals surface area contributed by atoms with Gasteiger partial charge in [-0.1, -0.05) is 6.92 Å². The molecule has 0 saturated carbocycles. The third kappa shape index (κ3) is 5.39. The van der Waals surface area contributed by atoms with Crippen LogP contribution in [0.5, 0.6) is 0 Å². The van der Waals surface area contributed by atoms with Crippen molar-refractivity contribution in [1.29, 1.82) is 0 Å². The van der Waals surface area contributed by atoms with Crippen molar-refractivity contribution in [2.24, 2.45) is 10.9 Å². The third-order valence-corrected chi connectivity index (χ3v) is 7.28. The van der Waals surface area contributed by atoms with Gasteiger partial charge < -0.3 is 10.2 Å². The van der Waals surface area contributed by atoms with Crippen molar-refractivity contribution in [1.82, 2.24) is 14.6 Å². The summed E-state index contributed by atoms with van der Waals surface area (Å²) in [5, 5.41) is 30.6. The summed E-state index contributed by atoms with van der Waals surface area (Å²) in [6.07, 6.45) is 3.88. The lowest BCUT2D eigenvalue weighted by Gasteiger charge is -2.24. The van der Waals surface area contributed by atoms with Crippen molar-refractivity contribution in [3.05, 3.63) is 88.6 Å². The maximum absolute atomic E-state index is 15.4. The summed E-state index contributed by atoms with van der Waals surface area (Å²) in [4.78, 5) is 29.8. The third-order valence-electron chi connectivity index (χ3n) is 7.28. The lowest BCUT2D eigenvalue weighted by molar-refractivity contribution is -0.496. The van der Waals surface area contributed by atoms with Crippen LogP contribution < -0.4 is 5.11 Å². The van der Waals surface area contributed by atoms with Crippen molar-refractivity contribution in [3.63, 3.8) is 0 Å². The first-order valence-corrected chi connectivity index (χ1v) is 13.1. The number of hydrogen-bond donors (Lipinski definition) is 1. The molecule has 0 saturated heterocycles. The van der Waals surface area contributed by atoms with Crippen molar-refractivity contribution in [3.8, 4) is 11.1 Å². The molecule has 0 aliphatic carbocycles. The van der Waals surface area contributed by atoms with Gasteiger partial charge in [0, 0.05) is 17.7 Å². The van der Waals surface area contributed by atoms with Gasteiger partial charge in [-0.2, -0.15) is 4.58 Å². The zero-order chi connectivity index (χ0) is 30.3. The van der Waals surface area contributed by atoms with Crippen LogP contribution in [0.1, 0.15) is 48.1 Å². The van der Waals surface area contributed by atoms with Crippen LogP contribution in [0.15, 0.2) is 53.9 Å². The standard InChI is InChI=1S/C30H26F3N5O4/c1-15-7-23(35-29(41)20-5-4-6-37-14-34-36-28(20)37)30(42)38(13-15)24(12-25(39)40)21-10-18(11-22(32)27(21)33)26-16(2)8-19(31)9-17(26)3/h4-6,8-11,13-15,23-24H,7,12H2,1-3H3,(H-,35,39,40,41)/t15?,23-,24?/m0/s1. The van der Waals surface area contributed by atoms with Crippen molar-refractivity contribution in [2.45, 2.75) is 45.7 Å². The molecule has 2 unspecified atom stereocenters. The van der Waals surface area contributed by atoms with E-state index in [0.717, 1.165) is 10.6 Å². The largest absolute Gasteiger partial charge is 0.858 e. The van der Waals surface area contributed by atoms with Gasteiger partial charge in [0.05, 0.1) is 5.56 Å². The summed E-state index contributed by atoms with van der Waals surface area (Å²) in [6, 6.07) is 5.17. The molecule has 5 rings (SSSR count). The van der Waals surface area contributed by atoms with Crippen molar-refractivity contribution >= 4 is 29.6 Å². The highest BCUT2D eigenvalue weighted by Crippen LogP contribution is 2.35. The Morgan fingerprint density at radius 2 is 1.93 bits per heavy atom. The van der Waals surface area contributed by atoms with Gasteiger partial charge in [-0.25, -0.2) is 18.0 Å². The highest BCUT2D eigenvalue weighted by atomic mass is 19.2. The number of aryl methyl sites for hydroxylation is 2. The lowest BCUT2D eigenvalue weighted by Crippen LogP contribution is -2.43. The van der Waals surface area contributed by atoms with E-state index >= 15 is 8.78 Å². The van der Waals surface area contributed by atoms with Crippen LogP contribution in [-0.2, 0) is 9.59 Å². The number of fused-ring (bicyclic) bond motifs is 1. The van der Waals surface area contributed by atoms with E-state index in [2.05, 4.69) is 15.2 Å². The Hall–Kier alpha value is -4.87. The number of carboxylic acid groups (broad SMARTS) is 1. The Labute approximate surface area is 238 Å². The number of carbonyl (C=O) groups is 2. The van der Waals surface area contributed by atoms with Crippen LogP contribution in [-0.4, -0.2) is 54.3 Å². The molecule has 1 amide bonds.